The molecule has 19 heavy (non-hydrogen) atoms. The fourth-order valence-corrected chi connectivity index (χ4v) is 2.64. The summed E-state index contributed by atoms with van der Waals surface area (Å²) in [4.78, 5) is 11.1. The van der Waals surface area contributed by atoms with Crippen LogP contribution in [0.4, 0.5) is 8.78 Å². The minimum absolute atomic E-state index is 0.282. The van der Waals surface area contributed by atoms with E-state index in [0.29, 0.717) is 15.8 Å². The molecule has 1 aromatic carbocycles. The maximum absolute atomic E-state index is 13.5. The van der Waals surface area contributed by atoms with Gasteiger partial charge in [-0.25, -0.2) is 13.6 Å². The summed E-state index contributed by atoms with van der Waals surface area (Å²) in [5, 5.41) is 9.07. The second-order valence-electron chi connectivity index (χ2n) is 4.28. The number of fused-ring (bicyclic) bond motifs is 1. The molecule has 102 valence electrons. The first-order chi connectivity index (χ1) is 8.93. The first-order valence-electron chi connectivity index (χ1n) is 5.55. The Bertz CT molecular complexity index is 557. The van der Waals surface area contributed by atoms with E-state index in [1.807, 2.05) is 6.92 Å². The fraction of sp³-hybridized carbons (Fsp3) is 0.308. The van der Waals surface area contributed by atoms with Gasteiger partial charge in [-0.15, -0.1) is 0 Å². The topological polar surface area (TPSA) is 46.5 Å². The van der Waals surface area contributed by atoms with Crippen molar-refractivity contribution in [1.82, 2.24) is 0 Å². The zero-order valence-electron chi connectivity index (χ0n) is 9.99. The lowest BCUT2D eigenvalue weighted by atomic mass is 9.98. The number of benzene rings is 1. The Labute approximate surface area is 117 Å². The second-order valence-corrected chi connectivity index (χ2v) is 5.13. The van der Waals surface area contributed by atoms with Crippen LogP contribution in [0, 0.1) is 6.92 Å². The average molecular weight is 333 g/mol. The molecule has 3 nitrogen and oxygen atoms in total. The molecule has 0 radical (unpaired) electrons. The number of carbonyl (C=O) groups is 1. The molecule has 0 saturated heterocycles. The fourth-order valence-electron chi connectivity index (χ4n) is 1.96. The molecule has 1 aromatic rings. The van der Waals surface area contributed by atoms with Gasteiger partial charge in [0.25, 0.3) is 0 Å². The summed E-state index contributed by atoms with van der Waals surface area (Å²) < 4.78 is 31.9. The van der Waals surface area contributed by atoms with Gasteiger partial charge in [0.1, 0.15) is 12.4 Å². The van der Waals surface area contributed by atoms with E-state index in [4.69, 9.17) is 9.84 Å². The van der Waals surface area contributed by atoms with Gasteiger partial charge < -0.3 is 9.84 Å². The number of hydrogen-bond donors (Lipinski definition) is 1. The molecule has 2 rings (SSSR count). The van der Waals surface area contributed by atoms with Crippen molar-refractivity contribution in [3.05, 3.63) is 33.3 Å². The number of halogens is 3. The minimum atomic E-state index is -2.01. The summed E-state index contributed by atoms with van der Waals surface area (Å²) in [6.45, 7) is 0.541. The van der Waals surface area contributed by atoms with Crippen LogP contribution in [0.15, 0.2) is 22.2 Å². The van der Waals surface area contributed by atoms with Gasteiger partial charge >= 0.3 is 5.97 Å². The Kier molecular flexibility index (Phi) is 3.89. The Morgan fingerprint density at radius 2 is 2.26 bits per heavy atom. The Hall–Kier alpha value is -1.43. The number of ether oxygens (including phenoxy) is 1. The first-order valence-corrected chi connectivity index (χ1v) is 6.35. The van der Waals surface area contributed by atoms with Crippen molar-refractivity contribution < 1.29 is 23.4 Å². The zero-order chi connectivity index (χ0) is 14.2. The predicted octanol–water partition coefficient (Wildman–Crippen LogP) is 3.29. The molecule has 2 unspecified atom stereocenters. The van der Waals surface area contributed by atoms with Gasteiger partial charge in [-0.2, -0.15) is 0 Å². The van der Waals surface area contributed by atoms with Crippen LogP contribution in [0.1, 0.15) is 11.1 Å². The third-order valence-corrected chi connectivity index (χ3v) is 3.39. The molecule has 1 heterocycles. The monoisotopic (exact) mass is 332 g/mol. The molecule has 6 heteroatoms. The number of alkyl halides is 2. The molecule has 1 aliphatic rings. The maximum Gasteiger partial charge on any atom is 0.335 e. The van der Waals surface area contributed by atoms with Crippen molar-refractivity contribution in [2.75, 3.05) is 6.67 Å². The van der Waals surface area contributed by atoms with Crippen LogP contribution >= 0.6 is 15.9 Å². The van der Waals surface area contributed by atoms with E-state index >= 15 is 0 Å². The third-order valence-electron chi connectivity index (χ3n) is 2.80. The lowest BCUT2D eigenvalue weighted by Gasteiger charge is -2.27. The second kappa shape index (κ2) is 5.28. The Morgan fingerprint density at radius 1 is 1.58 bits per heavy atom. The van der Waals surface area contributed by atoms with E-state index in [1.165, 1.54) is 6.08 Å². The van der Waals surface area contributed by atoms with Crippen molar-refractivity contribution in [1.29, 1.82) is 0 Å². The highest BCUT2D eigenvalue weighted by Crippen LogP contribution is 2.38. The SMILES string of the molecule is Cc1cc(Br)c2c(c1)C=C(C(=O)O)C(C(F)CF)O2. The van der Waals surface area contributed by atoms with Gasteiger partial charge in [0.2, 0.25) is 0 Å². The molecule has 0 spiro atoms. The van der Waals surface area contributed by atoms with Gasteiger partial charge in [0.15, 0.2) is 12.3 Å². The predicted molar refractivity (Wildman–Crippen MR) is 69.8 cm³/mol. The normalized spacial score (nSPS) is 19.2. The van der Waals surface area contributed by atoms with E-state index in [2.05, 4.69) is 15.9 Å². The molecule has 1 N–H and O–H groups in total. The summed E-state index contributed by atoms with van der Waals surface area (Å²) in [6, 6.07) is 3.49. The van der Waals surface area contributed by atoms with Gasteiger partial charge in [0, 0.05) is 5.56 Å². The number of rotatable bonds is 3. The molecular formula is C13H11BrF2O3. The van der Waals surface area contributed by atoms with Crippen LogP contribution in [0.25, 0.3) is 6.08 Å². The van der Waals surface area contributed by atoms with Gasteiger partial charge in [-0.3, -0.25) is 0 Å². The molecular weight excluding hydrogens is 322 g/mol. The van der Waals surface area contributed by atoms with Crippen molar-refractivity contribution in [2.45, 2.75) is 19.2 Å². The van der Waals surface area contributed by atoms with Crippen LogP contribution in [0.2, 0.25) is 0 Å². The van der Waals surface area contributed by atoms with Crippen LogP contribution in [-0.2, 0) is 4.79 Å². The van der Waals surface area contributed by atoms with Gasteiger partial charge in [0.05, 0.1) is 10.0 Å². The number of carboxylic acid groups (broad SMARTS) is 1. The summed E-state index contributed by atoms with van der Waals surface area (Å²) >= 11 is 3.27. The molecule has 0 aliphatic carbocycles. The highest BCUT2D eigenvalue weighted by atomic mass is 79.9. The summed E-state index contributed by atoms with van der Waals surface area (Å²) in [5.74, 6) is -0.985. The largest absolute Gasteiger partial charge is 0.480 e. The van der Waals surface area contributed by atoms with E-state index in [0.717, 1.165) is 5.56 Å². The van der Waals surface area contributed by atoms with Crippen LogP contribution in [-0.4, -0.2) is 30.0 Å². The van der Waals surface area contributed by atoms with Gasteiger partial charge in [-0.1, -0.05) is 0 Å². The van der Waals surface area contributed by atoms with Crippen LogP contribution < -0.4 is 4.74 Å². The maximum atomic E-state index is 13.5. The molecule has 0 fully saturated rings. The summed E-state index contributed by atoms with van der Waals surface area (Å²) in [7, 11) is 0. The lowest BCUT2D eigenvalue weighted by Crippen LogP contribution is -2.37. The highest BCUT2D eigenvalue weighted by Gasteiger charge is 2.35. The van der Waals surface area contributed by atoms with Crippen molar-refractivity contribution in [3.63, 3.8) is 0 Å². The molecule has 0 amide bonds. The first kappa shape index (κ1) is 14.0. The highest BCUT2D eigenvalue weighted by molar-refractivity contribution is 9.10. The lowest BCUT2D eigenvalue weighted by molar-refractivity contribution is -0.134. The van der Waals surface area contributed by atoms with E-state index in [-0.39, 0.29) is 5.57 Å². The smallest absolute Gasteiger partial charge is 0.335 e. The zero-order valence-corrected chi connectivity index (χ0v) is 11.6. The van der Waals surface area contributed by atoms with E-state index in [9.17, 15) is 13.6 Å². The molecule has 0 bridgehead atoms. The number of carboxylic acids is 1. The summed E-state index contributed by atoms with van der Waals surface area (Å²) in [6.07, 6.45) is -2.12. The quantitative estimate of drug-likeness (QED) is 0.923. The Balaban J connectivity index is 2.54. The van der Waals surface area contributed by atoms with Crippen LogP contribution in [0.5, 0.6) is 5.75 Å². The van der Waals surface area contributed by atoms with E-state index in [1.54, 1.807) is 12.1 Å². The minimum Gasteiger partial charge on any atom is -0.480 e. The molecule has 0 aromatic heterocycles. The van der Waals surface area contributed by atoms with Gasteiger partial charge in [-0.05, 0) is 46.6 Å². The third kappa shape index (κ3) is 2.63. The Morgan fingerprint density at radius 3 is 2.84 bits per heavy atom. The number of hydrogen-bond acceptors (Lipinski definition) is 2. The standard InChI is InChI=1S/C13H11BrF2O3/c1-6-2-7-4-8(13(17)18)12(10(16)5-15)19-11(7)9(14)3-6/h2-4,10,12H,5H2,1H3,(H,17,18). The van der Waals surface area contributed by atoms with Crippen molar-refractivity contribution in [2.24, 2.45) is 0 Å². The van der Waals surface area contributed by atoms with E-state index < -0.39 is 24.9 Å². The molecule has 1 aliphatic heterocycles. The molecule has 2 atom stereocenters. The number of aliphatic carboxylic acids is 1. The summed E-state index contributed by atoms with van der Waals surface area (Å²) in [5.41, 5.74) is 1.15. The van der Waals surface area contributed by atoms with Crippen molar-refractivity contribution >= 4 is 28.0 Å². The average Bonchev–Trinajstić information content (AvgIpc) is 2.36. The van der Waals surface area contributed by atoms with Crippen molar-refractivity contribution in [3.8, 4) is 5.75 Å². The number of aryl methyl sites for hydroxylation is 1. The molecule has 0 saturated carbocycles. The van der Waals surface area contributed by atoms with Crippen LogP contribution in [0.3, 0.4) is 0 Å².